The minimum absolute atomic E-state index is 0.103. The third-order valence-corrected chi connectivity index (χ3v) is 4.36. The first-order valence-corrected chi connectivity index (χ1v) is 8.42. The van der Waals surface area contributed by atoms with Gasteiger partial charge in [-0.1, -0.05) is 35.9 Å². The van der Waals surface area contributed by atoms with Crippen LogP contribution in [0.2, 0.25) is 0 Å². The Labute approximate surface area is 154 Å². The first-order valence-electron chi connectivity index (χ1n) is 8.42. The Bertz CT molecular complexity index is 898. The first kappa shape index (κ1) is 19.2. The number of amides is 1. The van der Waals surface area contributed by atoms with Gasteiger partial charge in [-0.15, -0.1) is 0 Å². The fourth-order valence-corrected chi connectivity index (χ4v) is 2.61. The van der Waals surface area contributed by atoms with Crippen molar-refractivity contribution in [1.29, 1.82) is 0 Å². The van der Waals surface area contributed by atoms with Crippen molar-refractivity contribution < 1.29 is 9.90 Å². The molecule has 1 amide bonds. The summed E-state index contributed by atoms with van der Waals surface area (Å²) < 4.78 is 0. The molecule has 0 aliphatic rings. The highest BCUT2D eigenvalue weighted by atomic mass is 16.3. The fourth-order valence-electron chi connectivity index (χ4n) is 2.61. The quantitative estimate of drug-likeness (QED) is 0.720. The van der Waals surface area contributed by atoms with E-state index in [0.29, 0.717) is 11.3 Å². The highest BCUT2D eigenvalue weighted by Gasteiger charge is 2.19. The summed E-state index contributed by atoms with van der Waals surface area (Å²) in [5, 5.41) is 9.90. The number of carbonyl (C=O) groups excluding carboxylic acids is 1. The van der Waals surface area contributed by atoms with Crippen molar-refractivity contribution in [1.82, 2.24) is 0 Å². The SMILES string of the molecule is CC(=N/C(=C(/N)C(C)C(N)=O)c1cc(O)ccc1C)c1cccc(C)c1. The third kappa shape index (κ3) is 4.30. The number of rotatable bonds is 5. The average molecular weight is 351 g/mol. The van der Waals surface area contributed by atoms with Crippen LogP contribution in [0, 0.1) is 19.8 Å². The Hall–Kier alpha value is -3.08. The van der Waals surface area contributed by atoms with Gasteiger partial charge >= 0.3 is 0 Å². The summed E-state index contributed by atoms with van der Waals surface area (Å²) in [6, 6.07) is 12.9. The van der Waals surface area contributed by atoms with E-state index >= 15 is 0 Å². The van der Waals surface area contributed by atoms with E-state index in [9.17, 15) is 9.90 Å². The standard InChI is InChI=1S/C21H25N3O2/c1-12-6-5-7-16(10-12)15(4)24-20(19(22)14(3)21(23)26)18-11-17(25)9-8-13(18)2/h5-11,14,25H,22H2,1-4H3,(H2,23,26)/b20-19+,24-15?. The predicted molar refractivity (Wildman–Crippen MR) is 106 cm³/mol. The van der Waals surface area contributed by atoms with Gasteiger partial charge in [0.2, 0.25) is 5.91 Å². The second-order valence-corrected chi connectivity index (χ2v) is 6.49. The molecule has 0 saturated heterocycles. The lowest BCUT2D eigenvalue weighted by atomic mass is 9.98. The molecule has 0 aliphatic carbocycles. The Morgan fingerprint density at radius 3 is 2.42 bits per heavy atom. The van der Waals surface area contributed by atoms with Crippen molar-refractivity contribution in [2.24, 2.45) is 22.4 Å². The molecule has 0 aromatic heterocycles. The number of carbonyl (C=O) groups is 1. The molecule has 2 aromatic carbocycles. The van der Waals surface area contributed by atoms with Crippen LogP contribution in [0.15, 0.2) is 53.2 Å². The fraction of sp³-hybridized carbons (Fsp3) is 0.238. The molecule has 5 N–H and O–H groups in total. The van der Waals surface area contributed by atoms with Crippen molar-refractivity contribution in [3.8, 4) is 5.75 Å². The van der Waals surface area contributed by atoms with E-state index in [2.05, 4.69) is 0 Å². The normalized spacial score (nSPS) is 13.9. The van der Waals surface area contributed by atoms with Crippen molar-refractivity contribution >= 4 is 17.3 Å². The molecule has 2 rings (SSSR count). The molecule has 0 spiro atoms. The lowest BCUT2D eigenvalue weighted by molar-refractivity contribution is -0.120. The number of phenols is 1. The first-order chi connectivity index (χ1) is 12.2. The molecule has 0 fully saturated rings. The zero-order valence-electron chi connectivity index (χ0n) is 15.6. The molecule has 0 heterocycles. The number of nitrogens with two attached hydrogens (primary N) is 2. The van der Waals surface area contributed by atoms with Gasteiger partial charge in [0.25, 0.3) is 0 Å². The molecule has 5 nitrogen and oxygen atoms in total. The molecule has 26 heavy (non-hydrogen) atoms. The molecule has 1 atom stereocenters. The maximum absolute atomic E-state index is 11.6. The van der Waals surface area contributed by atoms with E-state index in [1.807, 2.05) is 45.0 Å². The van der Waals surface area contributed by atoms with Crippen LogP contribution < -0.4 is 11.5 Å². The summed E-state index contributed by atoms with van der Waals surface area (Å²) in [6.45, 7) is 7.44. The smallest absolute Gasteiger partial charge is 0.226 e. The number of benzene rings is 2. The third-order valence-electron chi connectivity index (χ3n) is 4.36. The van der Waals surface area contributed by atoms with Gasteiger partial charge in [0, 0.05) is 17.0 Å². The minimum atomic E-state index is -0.680. The molecule has 0 bridgehead atoms. The average Bonchev–Trinajstić information content (AvgIpc) is 2.60. The molecule has 1 unspecified atom stereocenters. The van der Waals surface area contributed by atoms with E-state index < -0.39 is 11.8 Å². The Balaban J connectivity index is 2.69. The summed E-state index contributed by atoms with van der Waals surface area (Å²) in [6.07, 6.45) is 0. The molecular formula is C21H25N3O2. The van der Waals surface area contributed by atoms with Gasteiger partial charge in [-0.25, -0.2) is 0 Å². The van der Waals surface area contributed by atoms with Crippen LogP contribution >= 0.6 is 0 Å². The number of aliphatic imine (C=N–C) groups is 1. The van der Waals surface area contributed by atoms with Crippen molar-refractivity contribution in [2.45, 2.75) is 27.7 Å². The summed E-state index contributed by atoms with van der Waals surface area (Å²) in [5.74, 6) is -1.10. The number of hydrogen-bond donors (Lipinski definition) is 3. The van der Waals surface area contributed by atoms with Gasteiger partial charge in [0.05, 0.1) is 11.6 Å². The number of aryl methyl sites for hydroxylation is 2. The molecule has 136 valence electrons. The molecule has 0 radical (unpaired) electrons. The zero-order valence-corrected chi connectivity index (χ0v) is 15.6. The maximum Gasteiger partial charge on any atom is 0.226 e. The molecule has 5 heteroatoms. The Morgan fingerprint density at radius 2 is 1.81 bits per heavy atom. The van der Waals surface area contributed by atoms with Crippen LogP contribution in [0.4, 0.5) is 0 Å². The van der Waals surface area contributed by atoms with Crippen LogP contribution in [0.25, 0.3) is 5.70 Å². The van der Waals surface area contributed by atoms with Crippen LogP contribution in [0.3, 0.4) is 0 Å². The molecule has 2 aromatic rings. The number of primary amides is 1. The monoisotopic (exact) mass is 351 g/mol. The van der Waals surface area contributed by atoms with Crippen molar-refractivity contribution in [3.05, 3.63) is 70.4 Å². The van der Waals surface area contributed by atoms with E-state index in [4.69, 9.17) is 16.5 Å². The summed E-state index contributed by atoms with van der Waals surface area (Å²) in [7, 11) is 0. The molecule has 0 saturated carbocycles. The Morgan fingerprint density at radius 1 is 1.12 bits per heavy atom. The minimum Gasteiger partial charge on any atom is -0.508 e. The topological polar surface area (TPSA) is 102 Å². The second kappa shape index (κ2) is 7.87. The van der Waals surface area contributed by atoms with Gasteiger partial charge in [-0.2, -0.15) is 0 Å². The zero-order chi connectivity index (χ0) is 19.4. The highest BCUT2D eigenvalue weighted by molar-refractivity contribution is 6.02. The van der Waals surface area contributed by atoms with E-state index in [1.54, 1.807) is 25.1 Å². The van der Waals surface area contributed by atoms with Crippen LogP contribution in [-0.4, -0.2) is 16.7 Å². The van der Waals surface area contributed by atoms with Crippen molar-refractivity contribution in [3.63, 3.8) is 0 Å². The van der Waals surface area contributed by atoms with Crippen LogP contribution in [0.1, 0.15) is 36.1 Å². The van der Waals surface area contributed by atoms with Crippen LogP contribution in [-0.2, 0) is 4.79 Å². The lowest BCUT2D eigenvalue weighted by Crippen LogP contribution is -2.26. The number of phenolic OH excluding ortho intramolecular Hbond substituents is 1. The summed E-state index contributed by atoms with van der Waals surface area (Å²) in [5.41, 5.74) is 16.8. The number of aromatic hydroxyl groups is 1. The van der Waals surface area contributed by atoms with E-state index in [0.717, 1.165) is 22.4 Å². The van der Waals surface area contributed by atoms with Crippen molar-refractivity contribution in [2.75, 3.05) is 0 Å². The second-order valence-electron chi connectivity index (χ2n) is 6.49. The summed E-state index contributed by atoms with van der Waals surface area (Å²) >= 11 is 0. The van der Waals surface area contributed by atoms with Gasteiger partial charge in [-0.05, 0) is 51.0 Å². The van der Waals surface area contributed by atoms with Gasteiger partial charge in [0.15, 0.2) is 0 Å². The lowest BCUT2D eigenvalue weighted by Gasteiger charge is -2.16. The summed E-state index contributed by atoms with van der Waals surface area (Å²) in [4.78, 5) is 16.4. The van der Waals surface area contributed by atoms with Gasteiger partial charge in [-0.3, -0.25) is 9.79 Å². The van der Waals surface area contributed by atoms with Crippen LogP contribution in [0.5, 0.6) is 5.75 Å². The predicted octanol–water partition coefficient (Wildman–Crippen LogP) is 3.27. The van der Waals surface area contributed by atoms with E-state index in [-0.39, 0.29) is 11.4 Å². The maximum atomic E-state index is 11.6. The van der Waals surface area contributed by atoms with Gasteiger partial charge < -0.3 is 16.6 Å². The number of hydrogen-bond acceptors (Lipinski definition) is 4. The number of nitrogens with zero attached hydrogens (tertiary/aromatic N) is 1. The van der Waals surface area contributed by atoms with Gasteiger partial charge in [0.1, 0.15) is 5.75 Å². The largest absolute Gasteiger partial charge is 0.508 e. The van der Waals surface area contributed by atoms with E-state index in [1.165, 1.54) is 0 Å². The Kier molecular flexibility index (Phi) is 5.82. The molecule has 0 aliphatic heterocycles. The molecular weight excluding hydrogens is 326 g/mol. The highest BCUT2D eigenvalue weighted by Crippen LogP contribution is 2.29.